The van der Waals surface area contributed by atoms with Gasteiger partial charge in [0.1, 0.15) is 21.7 Å². The molecule has 0 spiro atoms. The van der Waals surface area contributed by atoms with Crippen LogP contribution in [0.1, 0.15) is 35.2 Å². The number of halogens is 1. The van der Waals surface area contributed by atoms with Gasteiger partial charge < -0.3 is 15.0 Å². The van der Waals surface area contributed by atoms with Gasteiger partial charge in [0.25, 0.3) is 0 Å². The second kappa shape index (κ2) is 9.35. The maximum Gasteiger partial charge on any atom is 0.216 e. The number of fused-ring (bicyclic) bond motifs is 2. The molecule has 1 aliphatic heterocycles. The van der Waals surface area contributed by atoms with Crippen LogP contribution < -0.4 is 10.0 Å². The Kier molecular flexibility index (Phi) is 6.22. The predicted octanol–water partition coefficient (Wildman–Crippen LogP) is 4.15. The molecule has 0 fully saturated rings. The van der Waals surface area contributed by atoms with E-state index < -0.39 is 22.1 Å². The molecule has 36 heavy (non-hydrogen) atoms. The Morgan fingerprint density at radius 3 is 2.86 bits per heavy atom. The lowest BCUT2D eigenvalue weighted by atomic mass is 9.98. The van der Waals surface area contributed by atoms with Crippen molar-refractivity contribution in [1.82, 2.24) is 14.3 Å². The molecule has 0 amide bonds. The van der Waals surface area contributed by atoms with Crippen molar-refractivity contribution in [2.45, 2.75) is 36.4 Å². The molecule has 5 rings (SSSR count). The van der Waals surface area contributed by atoms with Crippen LogP contribution in [-0.2, 0) is 29.8 Å². The van der Waals surface area contributed by atoms with Crippen LogP contribution >= 0.6 is 0 Å². The van der Waals surface area contributed by atoms with Gasteiger partial charge in [0.05, 0.1) is 10.6 Å². The lowest BCUT2D eigenvalue weighted by Crippen LogP contribution is -2.34. The molecule has 0 saturated heterocycles. The average Bonchev–Trinajstić information content (AvgIpc) is 3.13. The molecule has 2 unspecified atom stereocenters. The normalized spacial score (nSPS) is 20.3. The summed E-state index contributed by atoms with van der Waals surface area (Å²) in [7, 11) is -1.64. The number of aliphatic hydroxyl groups is 1. The van der Waals surface area contributed by atoms with E-state index in [4.69, 9.17) is 10.0 Å². The topological polar surface area (TPSA) is 127 Å². The fourth-order valence-corrected chi connectivity index (χ4v) is 6.51. The quantitative estimate of drug-likeness (QED) is 0.240. The van der Waals surface area contributed by atoms with E-state index in [2.05, 4.69) is 45.4 Å². The van der Waals surface area contributed by atoms with Gasteiger partial charge >= 0.3 is 0 Å². The summed E-state index contributed by atoms with van der Waals surface area (Å²) in [5, 5.41) is 25.1. The number of nitriles is 1. The Labute approximate surface area is 208 Å². The monoisotopic (exact) mass is 504 g/mol. The summed E-state index contributed by atoms with van der Waals surface area (Å²) < 4.78 is 40.6. The third kappa shape index (κ3) is 4.68. The molecular weight excluding hydrogens is 479 g/mol. The molecular formula is C26H25FN6O2S. The van der Waals surface area contributed by atoms with Gasteiger partial charge in [-0.3, -0.25) is 0 Å². The summed E-state index contributed by atoms with van der Waals surface area (Å²) in [4.78, 5) is 3.81. The molecule has 0 bridgehead atoms. The van der Waals surface area contributed by atoms with Gasteiger partial charge in [-0.15, -0.1) is 0 Å². The minimum atomic E-state index is -3.34. The molecule has 2 aromatic carbocycles. The van der Waals surface area contributed by atoms with Crippen LogP contribution in [0.3, 0.4) is 0 Å². The van der Waals surface area contributed by atoms with Crippen LogP contribution in [0.15, 0.2) is 65.7 Å². The molecule has 4 N–H and O–H groups in total. The molecule has 2 aromatic heterocycles. The summed E-state index contributed by atoms with van der Waals surface area (Å²) in [6.45, 7) is 0. The van der Waals surface area contributed by atoms with E-state index in [0.29, 0.717) is 35.4 Å². The number of hydrogen-bond donors (Lipinski definition) is 4. The summed E-state index contributed by atoms with van der Waals surface area (Å²) in [5.41, 5.74) is 2.22. The summed E-state index contributed by atoms with van der Waals surface area (Å²) in [6.07, 6.45) is 2.05. The van der Waals surface area contributed by atoms with Crippen LogP contribution in [-0.4, -0.2) is 24.9 Å². The number of nitrogens with zero attached hydrogens (tertiary/aromatic N) is 3. The highest BCUT2D eigenvalue weighted by Gasteiger charge is 2.31. The Morgan fingerprint density at radius 2 is 2.08 bits per heavy atom. The van der Waals surface area contributed by atoms with Gasteiger partial charge in [-0.25, -0.2) is 18.7 Å². The fourth-order valence-electron chi connectivity index (χ4n) is 4.85. The first-order valence-corrected chi connectivity index (χ1v) is 13.0. The van der Waals surface area contributed by atoms with Gasteiger partial charge in [0, 0.05) is 31.0 Å². The molecule has 0 radical (unpaired) electrons. The summed E-state index contributed by atoms with van der Waals surface area (Å²) in [6, 6.07) is 18.3. The van der Waals surface area contributed by atoms with Gasteiger partial charge in [-0.1, -0.05) is 42.5 Å². The van der Waals surface area contributed by atoms with E-state index in [-0.39, 0.29) is 17.4 Å². The van der Waals surface area contributed by atoms with Crippen molar-refractivity contribution in [3.63, 3.8) is 0 Å². The zero-order chi connectivity index (χ0) is 25.4. The highest BCUT2D eigenvalue weighted by Crippen LogP contribution is 2.32. The number of aliphatic hydroxyl groups excluding tert-OH is 1. The Morgan fingerprint density at radius 1 is 1.31 bits per heavy atom. The molecule has 10 heteroatoms. The number of rotatable bonds is 5. The molecule has 1 aliphatic rings. The number of aryl methyl sites for hydroxylation is 1. The van der Waals surface area contributed by atoms with E-state index in [1.54, 1.807) is 23.9 Å². The maximum atomic E-state index is 13.8. The standard InChI is InChI=1S/C26H25FN6O2S/c1-33-15-23-22(25(33)26(34)31-20-12-21(14-28)30-24(27)13-20)9-8-19(32-36(23,29)35)11-16-6-7-17-4-2-3-5-18(17)10-16/h2-7,10,12-13,15,19,26,34H,8-9,11H2,1H3,(H,30,31)(H2,29,32,35)/t19-,26?,36?/m1/s1. The second-order valence-corrected chi connectivity index (χ2v) is 10.8. The Bertz CT molecular complexity index is 1610. The van der Waals surface area contributed by atoms with Gasteiger partial charge in [0.15, 0.2) is 6.23 Å². The fraction of sp³-hybridized carbons (Fsp3) is 0.231. The van der Waals surface area contributed by atoms with E-state index in [0.717, 1.165) is 22.4 Å². The highest BCUT2D eigenvalue weighted by atomic mass is 32.2. The van der Waals surface area contributed by atoms with E-state index in [9.17, 15) is 13.7 Å². The molecule has 8 nitrogen and oxygen atoms in total. The van der Waals surface area contributed by atoms with E-state index >= 15 is 0 Å². The van der Waals surface area contributed by atoms with Crippen molar-refractivity contribution in [2.24, 2.45) is 7.05 Å². The van der Waals surface area contributed by atoms with Crippen molar-refractivity contribution >= 4 is 26.4 Å². The first kappa shape index (κ1) is 23.9. The lowest BCUT2D eigenvalue weighted by molar-refractivity contribution is 0.198. The number of nitrogens with one attached hydrogen (secondary N) is 3. The predicted molar refractivity (Wildman–Crippen MR) is 135 cm³/mol. The first-order chi connectivity index (χ1) is 17.2. The first-order valence-electron chi connectivity index (χ1n) is 11.5. The highest BCUT2D eigenvalue weighted by molar-refractivity contribution is 7.90. The van der Waals surface area contributed by atoms with Gasteiger partial charge in [-0.2, -0.15) is 9.65 Å². The van der Waals surface area contributed by atoms with Crippen molar-refractivity contribution in [1.29, 1.82) is 10.0 Å². The SMILES string of the molecule is Cn1cc2c(c1C(O)Nc1cc(F)nc(C#N)c1)CC[C@H](Cc1ccc3ccccc3c1)NS2(=N)=O. The van der Waals surface area contributed by atoms with Gasteiger partial charge in [-0.05, 0) is 47.2 Å². The van der Waals surface area contributed by atoms with Crippen LogP contribution in [0.4, 0.5) is 10.1 Å². The molecule has 3 heterocycles. The smallest absolute Gasteiger partial charge is 0.216 e. The zero-order valence-corrected chi connectivity index (χ0v) is 20.3. The van der Waals surface area contributed by atoms with Crippen molar-refractivity contribution in [3.05, 3.63) is 89.3 Å². The maximum absolute atomic E-state index is 13.8. The third-order valence-electron chi connectivity index (χ3n) is 6.45. The van der Waals surface area contributed by atoms with Crippen LogP contribution in [0.5, 0.6) is 0 Å². The van der Waals surface area contributed by atoms with Crippen molar-refractivity contribution in [2.75, 3.05) is 5.32 Å². The lowest BCUT2D eigenvalue weighted by Gasteiger charge is -2.19. The number of pyridine rings is 1. The van der Waals surface area contributed by atoms with Crippen molar-refractivity contribution < 1.29 is 13.7 Å². The average molecular weight is 505 g/mol. The largest absolute Gasteiger partial charge is 0.368 e. The number of aromatic nitrogens is 2. The third-order valence-corrected chi connectivity index (χ3v) is 8.09. The molecule has 0 aliphatic carbocycles. The van der Waals surface area contributed by atoms with E-state index in [1.807, 2.05) is 12.1 Å². The number of hydrogen-bond acceptors (Lipinski definition) is 6. The Balaban J connectivity index is 1.41. The summed E-state index contributed by atoms with van der Waals surface area (Å²) >= 11 is 0. The zero-order valence-electron chi connectivity index (χ0n) is 19.5. The van der Waals surface area contributed by atoms with E-state index in [1.165, 1.54) is 6.07 Å². The molecule has 0 saturated carbocycles. The van der Waals surface area contributed by atoms with Crippen molar-refractivity contribution in [3.8, 4) is 6.07 Å². The Hall–Kier alpha value is -3.78. The minimum Gasteiger partial charge on any atom is -0.368 e. The van der Waals surface area contributed by atoms with Gasteiger partial charge in [0.2, 0.25) is 5.95 Å². The number of benzene rings is 2. The van der Waals surface area contributed by atoms with Crippen LogP contribution in [0, 0.1) is 22.1 Å². The second-order valence-electron chi connectivity index (χ2n) is 8.99. The summed E-state index contributed by atoms with van der Waals surface area (Å²) in [5.74, 6) is -0.843. The molecule has 4 aromatic rings. The molecule has 3 atom stereocenters. The molecule has 184 valence electrons. The van der Waals surface area contributed by atoms with Crippen LogP contribution in [0.2, 0.25) is 0 Å². The number of anilines is 1. The van der Waals surface area contributed by atoms with Crippen LogP contribution in [0.25, 0.3) is 10.8 Å². The minimum absolute atomic E-state index is 0.120.